The molecule has 154 valence electrons. The SMILES string of the molecule is CC(C)C(=O)N1CCN2C(C(C)(C)C)=NC(C(C)(C)C)C(C(C)(C)C)=C2C1. The molecule has 0 aromatic carbocycles. The van der Waals surface area contributed by atoms with Gasteiger partial charge in [-0.3, -0.25) is 9.79 Å². The fourth-order valence-electron chi connectivity index (χ4n) is 4.20. The molecule has 0 saturated carbocycles. The number of piperazine rings is 1. The Labute approximate surface area is 167 Å². The molecular formula is C23H41N3O. The maximum Gasteiger partial charge on any atom is 0.225 e. The van der Waals surface area contributed by atoms with Gasteiger partial charge in [0.2, 0.25) is 5.91 Å². The molecule has 0 aromatic heterocycles. The summed E-state index contributed by atoms with van der Waals surface area (Å²) in [5.74, 6) is 1.46. The smallest absolute Gasteiger partial charge is 0.225 e. The van der Waals surface area contributed by atoms with Crippen LogP contribution in [0.4, 0.5) is 0 Å². The predicted molar refractivity (Wildman–Crippen MR) is 115 cm³/mol. The zero-order chi connectivity index (χ0) is 20.9. The largest absolute Gasteiger partial charge is 0.335 e. The minimum absolute atomic E-state index is 0.00231. The summed E-state index contributed by atoms with van der Waals surface area (Å²) < 4.78 is 0. The predicted octanol–water partition coefficient (Wildman–Crippen LogP) is 4.96. The van der Waals surface area contributed by atoms with Crippen LogP contribution in [0, 0.1) is 22.2 Å². The summed E-state index contributed by atoms with van der Waals surface area (Å²) in [5.41, 5.74) is 2.71. The number of fused-ring (bicyclic) bond motifs is 1. The van der Waals surface area contributed by atoms with Gasteiger partial charge in [0, 0.05) is 30.1 Å². The van der Waals surface area contributed by atoms with E-state index in [0.29, 0.717) is 6.54 Å². The van der Waals surface area contributed by atoms with E-state index in [1.807, 2.05) is 18.7 Å². The Morgan fingerprint density at radius 3 is 1.93 bits per heavy atom. The van der Waals surface area contributed by atoms with Gasteiger partial charge < -0.3 is 9.80 Å². The lowest BCUT2D eigenvalue weighted by Crippen LogP contribution is -2.57. The van der Waals surface area contributed by atoms with Crippen molar-refractivity contribution in [2.75, 3.05) is 19.6 Å². The number of amides is 1. The molecule has 1 amide bonds. The highest BCUT2D eigenvalue weighted by molar-refractivity contribution is 5.91. The molecule has 1 unspecified atom stereocenters. The fraction of sp³-hybridized carbons (Fsp3) is 0.826. The number of rotatable bonds is 1. The first-order chi connectivity index (χ1) is 12.0. The van der Waals surface area contributed by atoms with E-state index in [4.69, 9.17) is 4.99 Å². The first kappa shape index (κ1) is 22.0. The van der Waals surface area contributed by atoms with Gasteiger partial charge in [0.1, 0.15) is 5.84 Å². The Morgan fingerprint density at radius 1 is 0.963 bits per heavy atom. The Balaban J connectivity index is 2.65. The van der Waals surface area contributed by atoms with Crippen molar-refractivity contribution in [3.8, 4) is 0 Å². The van der Waals surface area contributed by atoms with Crippen LogP contribution in [0.2, 0.25) is 0 Å². The molecule has 1 saturated heterocycles. The van der Waals surface area contributed by atoms with Crippen molar-refractivity contribution in [2.45, 2.75) is 82.2 Å². The third-order valence-electron chi connectivity index (χ3n) is 5.46. The molecule has 0 aromatic rings. The van der Waals surface area contributed by atoms with Gasteiger partial charge >= 0.3 is 0 Å². The highest BCUT2D eigenvalue weighted by Crippen LogP contribution is 2.45. The van der Waals surface area contributed by atoms with E-state index in [0.717, 1.165) is 13.1 Å². The Kier molecular flexibility index (Phi) is 5.64. The highest BCUT2D eigenvalue weighted by Gasteiger charge is 2.45. The number of carbonyl (C=O) groups is 1. The van der Waals surface area contributed by atoms with Crippen molar-refractivity contribution >= 4 is 11.7 Å². The van der Waals surface area contributed by atoms with Gasteiger partial charge in [0.25, 0.3) is 0 Å². The molecule has 2 aliphatic rings. The fourth-order valence-corrected chi connectivity index (χ4v) is 4.20. The molecule has 0 bridgehead atoms. The zero-order valence-corrected chi connectivity index (χ0v) is 19.5. The summed E-state index contributed by atoms with van der Waals surface area (Å²) in [6.45, 7) is 26.7. The molecule has 0 spiro atoms. The third-order valence-corrected chi connectivity index (χ3v) is 5.46. The first-order valence-corrected chi connectivity index (χ1v) is 10.4. The summed E-state index contributed by atoms with van der Waals surface area (Å²) in [5, 5.41) is 0. The van der Waals surface area contributed by atoms with Crippen molar-refractivity contribution in [1.82, 2.24) is 9.80 Å². The number of nitrogens with zero attached hydrogens (tertiary/aromatic N) is 3. The molecule has 4 heteroatoms. The van der Waals surface area contributed by atoms with Crippen molar-refractivity contribution in [1.29, 1.82) is 0 Å². The number of amidine groups is 1. The van der Waals surface area contributed by atoms with Gasteiger partial charge in [0.05, 0.1) is 12.6 Å². The van der Waals surface area contributed by atoms with E-state index in [-0.39, 0.29) is 34.1 Å². The Bertz CT molecular complexity index is 651. The number of hydrogen-bond donors (Lipinski definition) is 0. The van der Waals surface area contributed by atoms with E-state index < -0.39 is 0 Å². The van der Waals surface area contributed by atoms with Crippen LogP contribution >= 0.6 is 0 Å². The van der Waals surface area contributed by atoms with Crippen LogP contribution in [0.1, 0.15) is 76.2 Å². The second kappa shape index (κ2) is 6.93. The summed E-state index contributed by atoms with van der Waals surface area (Å²) in [7, 11) is 0. The topological polar surface area (TPSA) is 35.9 Å². The van der Waals surface area contributed by atoms with Crippen LogP contribution in [0.15, 0.2) is 16.3 Å². The Morgan fingerprint density at radius 2 is 1.52 bits per heavy atom. The molecule has 2 aliphatic heterocycles. The van der Waals surface area contributed by atoms with Crippen molar-refractivity contribution in [2.24, 2.45) is 27.2 Å². The summed E-state index contributed by atoms with van der Waals surface area (Å²) >= 11 is 0. The van der Waals surface area contributed by atoms with Crippen LogP contribution in [-0.4, -0.2) is 47.2 Å². The van der Waals surface area contributed by atoms with E-state index in [1.165, 1.54) is 17.1 Å². The second-order valence-electron chi connectivity index (χ2n) is 11.6. The average Bonchev–Trinajstić information content (AvgIpc) is 2.48. The molecule has 4 nitrogen and oxygen atoms in total. The number of hydrogen-bond acceptors (Lipinski definition) is 3. The van der Waals surface area contributed by atoms with E-state index in [2.05, 4.69) is 67.2 Å². The van der Waals surface area contributed by atoms with Crippen molar-refractivity contribution in [3.63, 3.8) is 0 Å². The monoisotopic (exact) mass is 375 g/mol. The molecule has 0 radical (unpaired) electrons. The quantitative estimate of drug-likeness (QED) is 0.649. The molecule has 2 rings (SSSR count). The van der Waals surface area contributed by atoms with Crippen LogP contribution < -0.4 is 0 Å². The maximum atomic E-state index is 12.7. The van der Waals surface area contributed by atoms with Gasteiger partial charge in [0.15, 0.2) is 0 Å². The van der Waals surface area contributed by atoms with Crippen LogP contribution in [0.25, 0.3) is 0 Å². The standard InChI is InChI=1S/C23H41N3O/c1-15(2)19(27)25-12-13-26-16(14-25)17(21(3,4)5)18(22(6,7)8)24-20(26)23(9,10)11/h15,18H,12-14H2,1-11H3. The van der Waals surface area contributed by atoms with Crippen molar-refractivity contribution < 1.29 is 4.79 Å². The van der Waals surface area contributed by atoms with Gasteiger partial charge in [-0.2, -0.15) is 0 Å². The van der Waals surface area contributed by atoms with E-state index in [1.54, 1.807) is 0 Å². The maximum absolute atomic E-state index is 12.7. The molecule has 2 heterocycles. The van der Waals surface area contributed by atoms with Crippen LogP contribution in [0.5, 0.6) is 0 Å². The number of carbonyl (C=O) groups excluding carboxylic acids is 1. The van der Waals surface area contributed by atoms with E-state index >= 15 is 0 Å². The van der Waals surface area contributed by atoms with Crippen molar-refractivity contribution in [3.05, 3.63) is 11.3 Å². The molecule has 1 atom stereocenters. The van der Waals surface area contributed by atoms with Gasteiger partial charge in [-0.25, -0.2) is 0 Å². The third kappa shape index (κ3) is 4.41. The van der Waals surface area contributed by atoms with Crippen LogP contribution in [0.3, 0.4) is 0 Å². The zero-order valence-electron chi connectivity index (χ0n) is 19.5. The number of aliphatic imine (C=N–C) groups is 1. The Hall–Kier alpha value is -1.32. The second-order valence-corrected chi connectivity index (χ2v) is 11.6. The van der Waals surface area contributed by atoms with Gasteiger partial charge in [-0.1, -0.05) is 76.2 Å². The summed E-state index contributed by atoms with van der Waals surface area (Å²) in [6, 6.07) is 0.132. The minimum atomic E-state index is -0.0254. The van der Waals surface area contributed by atoms with Gasteiger partial charge in [-0.05, 0) is 16.4 Å². The lowest BCUT2D eigenvalue weighted by Gasteiger charge is -2.51. The summed E-state index contributed by atoms with van der Waals surface area (Å²) in [6.07, 6.45) is 0. The van der Waals surface area contributed by atoms with E-state index in [9.17, 15) is 4.79 Å². The molecule has 27 heavy (non-hydrogen) atoms. The lowest BCUT2D eigenvalue weighted by molar-refractivity contribution is -0.135. The summed E-state index contributed by atoms with van der Waals surface area (Å²) in [4.78, 5) is 22.6. The molecular weight excluding hydrogens is 334 g/mol. The normalized spacial score (nSPS) is 22.2. The lowest BCUT2D eigenvalue weighted by atomic mass is 9.70. The van der Waals surface area contributed by atoms with Crippen LogP contribution in [-0.2, 0) is 4.79 Å². The highest BCUT2D eigenvalue weighted by atomic mass is 16.2. The van der Waals surface area contributed by atoms with Gasteiger partial charge in [-0.15, -0.1) is 0 Å². The molecule has 0 aliphatic carbocycles. The molecule has 0 N–H and O–H groups in total. The minimum Gasteiger partial charge on any atom is -0.335 e. The molecule has 1 fully saturated rings. The average molecular weight is 376 g/mol. The first-order valence-electron chi connectivity index (χ1n) is 10.4.